The average molecular weight is 301 g/mol. The van der Waals surface area contributed by atoms with Crippen LogP contribution in [-0.2, 0) is 4.79 Å². The molecule has 0 aliphatic heterocycles. The van der Waals surface area contributed by atoms with E-state index in [0.29, 0.717) is 0 Å². The molecule has 0 amide bonds. The Labute approximate surface area is 53.6 Å². The van der Waals surface area contributed by atoms with Gasteiger partial charge in [-0.2, -0.15) is 0 Å². The standard InChI is InChI=1S/C2F3O.Tl/c3-2(4,5)1-6;. The van der Waals surface area contributed by atoms with Crippen LogP contribution in [0.4, 0.5) is 13.2 Å². The minimum absolute atomic E-state index is 0.620. The first-order valence-electron chi connectivity index (χ1n) is 1.31. The third-order valence-electron chi connectivity index (χ3n) is 0.279. The molecule has 0 spiro atoms. The van der Waals surface area contributed by atoms with Crippen molar-refractivity contribution in [3.63, 3.8) is 0 Å². The molecule has 0 fully saturated rings. The number of rotatable bonds is 0. The molecule has 0 aromatic rings. The van der Waals surface area contributed by atoms with E-state index in [9.17, 15) is 18.0 Å². The monoisotopic (exact) mass is 302 g/mol. The topological polar surface area (TPSA) is 17.1 Å². The summed E-state index contributed by atoms with van der Waals surface area (Å²) in [6, 6.07) is 0. The van der Waals surface area contributed by atoms with E-state index in [1.807, 2.05) is 0 Å². The summed E-state index contributed by atoms with van der Waals surface area (Å²) in [4.78, 5) is 9.41. The molecule has 0 N–H and O–H groups in total. The van der Waals surface area contributed by atoms with Crippen LogP contribution in [-0.4, -0.2) is 35.3 Å². The van der Waals surface area contributed by atoms with Gasteiger partial charge in [0, 0.05) is 0 Å². The summed E-state index contributed by atoms with van der Waals surface area (Å²) in [6.07, 6.45) is -4.56. The van der Waals surface area contributed by atoms with Crippen molar-refractivity contribution in [2.24, 2.45) is 0 Å². The second-order valence-corrected chi connectivity index (χ2v) is 2.90. The molecule has 0 heterocycles. The van der Waals surface area contributed by atoms with Crippen LogP contribution in [0.3, 0.4) is 0 Å². The second-order valence-electron chi connectivity index (χ2n) is 0.862. The van der Waals surface area contributed by atoms with Crippen LogP contribution in [0.15, 0.2) is 0 Å². The van der Waals surface area contributed by atoms with Crippen LogP contribution in [0.1, 0.15) is 0 Å². The molecule has 0 atom stereocenters. The molecule has 0 unspecified atom stereocenters. The zero-order valence-electron chi connectivity index (χ0n) is 3.12. The summed E-state index contributed by atoms with van der Waals surface area (Å²) in [5, 5.41) is 0. The van der Waals surface area contributed by atoms with Crippen LogP contribution in [0.25, 0.3) is 0 Å². The summed E-state index contributed by atoms with van der Waals surface area (Å²) in [6.45, 7) is 0. The van der Waals surface area contributed by atoms with E-state index in [2.05, 4.69) is 0 Å². The maximum atomic E-state index is 10.9. The Morgan fingerprint density at radius 2 is 1.57 bits per heavy atom. The zero-order chi connectivity index (χ0) is 6.08. The summed E-state index contributed by atoms with van der Waals surface area (Å²) in [5.74, 6) is 0. The van der Waals surface area contributed by atoms with Gasteiger partial charge in [-0.05, 0) is 0 Å². The fraction of sp³-hybridized carbons (Fsp3) is 0.500. The van der Waals surface area contributed by atoms with Crippen LogP contribution in [0.2, 0.25) is 0 Å². The van der Waals surface area contributed by atoms with Crippen molar-refractivity contribution in [2.75, 3.05) is 0 Å². The van der Waals surface area contributed by atoms with E-state index >= 15 is 0 Å². The number of carbonyl (C=O) groups is 1. The minimum atomic E-state index is -4.56. The number of halogens is 3. The molecular weight excluding hydrogens is 301 g/mol. The fourth-order valence-electron chi connectivity index (χ4n) is 0. The number of carbonyl (C=O) groups excluding carboxylic acids is 1. The van der Waals surface area contributed by atoms with Gasteiger partial charge in [0.15, 0.2) is 0 Å². The molecule has 38 valence electrons. The first-order valence-corrected chi connectivity index (χ1v) is 3.55. The number of hydrogen-bond donors (Lipinski definition) is 0. The van der Waals surface area contributed by atoms with Gasteiger partial charge < -0.3 is 0 Å². The first-order chi connectivity index (χ1) is 2.94. The van der Waals surface area contributed by atoms with Gasteiger partial charge in [0.25, 0.3) is 0 Å². The van der Waals surface area contributed by atoms with Crippen molar-refractivity contribution in [1.29, 1.82) is 0 Å². The third-order valence-corrected chi connectivity index (χ3v) is 1.55. The van der Waals surface area contributed by atoms with Gasteiger partial charge in [-0.3, -0.25) is 0 Å². The van der Waals surface area contributed by atoms with Gasteiger partial charge in [0.1, 0.15) is 0 Å². The molecule has 0 bridgehead atoms. The van der Waals surface area contributed by atoms with Gasteiger partial charge in [-0.1, -0.05) is 0 Å². The van der Waals surface area contributed by atoms with Gasteiger partial charge in [0.2, 0.25) is 0 Å². The Kier molecular flexibility index (Phi) is 2.21. The van der Waals surface area contributed by atoms with Gasteiger partial charge >= 0.3 is 53.3 Å². The van der Waals surface area contributed by atoms with Crippen LogP contribution in [0.5, 0.6) is 0 Å². The molecule has 0 saturated carbocycles. The number of alkyl halides is 3. The van der Waals surface area contributed by atoms with Crippen LogP contribution in [0, 0.1) is 0 Å². The van der Waals surface area contributed by atoms with Gasteiger partial charge in [-0.15, -0.1) is 0 Å². The maximum absolute atomic E-state index is 10.9. The van der Waals surface area contributed by atoms with E-state index in [4.69, 9.17) is 0 Å². The Hall–Kier alpha value is 0.382. The molecule has 0 aliphatic carbocycles. The Morgan fingerprint density at radius 3 is 1.57 bits per heavy atom. The molecule has 0 aliphatic rings. The summed E-state index contributed by atoms with van der Waals surface area (Å²) in [7, 11) is 0. The normalized spacial score (nSPS) is 11.1. The molecule has 0 rings (SSSR count). The summed E-state index contributed by atoms with van der Waals surface area (Å²) >= 11 is -0.620. The van der Waals surface area contributed by atoms with E-state index in [1.165, 1.54) is 0 Å². The fourth-order valence-corrected chi connectivity index (χ4v) is 0. The van der Waals surface area contributed by atoms with E-state index in [-0.39, 0.29) is 0 Å². The van der Waals surface area contributed by atoms with E-state index in [0.717, 1.165) is 0 Å². The molecule has 0 radical (unpaired) electrons. The van der Waals surface area contributed by atoms with Gasteiger partial charge in [-0.25, -0.2) is 0 Å². The summed E-state index contributed by atoms with van der Waals surface area (Å²) in [5.41, 5.74) is 0. The molecule has 0 aromatic carbocycles. The molecule has 5 heteroatoms. The first kappa shape index (κ1) is 7.38. The second kappa shape index (κ2) is 2.10. The molecular formula is C2F3OTl. The Balaban J connectivity index is 3.79. The molecule has 7 heavy (non-hydrogen) atoms. The predicted molar refractivity (Wildman–Crippen MR) is 16.8 cm³/mol. The van der Waals surface area contributed by atoms with Crippen LogP contribution < -0.4 is 0 Å². The zero-order valence-corrected chi connectivity index (χ0v) is 7.61. The van der Waals surface area contributed by atoms with Crippen molar-refractivity contribution >= 4 is 29.1 Å². The third kappa shape index (κ3) is 3.01. The van der Waals surface area contributed by atoms with Crippen molar-refractivity contribution in [3.8, 4) is 0 Å². The van der Waals surface area contributed by atoms with Crippen molar-refractivity contribution in [2.45, 2.75) is 6.18 Å². The average Bonchev–Trinajstić information content (AvgIpc) is 1.31. The van der Waals surface area contributed by atoms with Gasteiger partial charge in [0.05, 0.1) is 0 Å². The molecule has 0 saturated heterocycles. The van der Waals surface area contributed by atoms with Crippen molar-refractivity contribution in [1.82, 2.24) is 0 Å². The number of hydrogen-bond acceptors (Lipinski definition) is 1. The van der Waals surface area contributed by atoms with E-state index in [1.54, 1.807) is 0 Å². The quantitative estimate of drug-likeness (QED) is 0.586. The van der Waals surface area contributed by atoms with Crippen LogP contribution >= 0.6 is 0 Å². The van der Waals surface area contributed by atoms with Crippen molar-refractivity contribution in [3.05, 3.63) is 0 Å². The van der Waals surface area contributed by atoms with Crippen molar-refractivity contribution < 1.29 is 18.0 Å². The summed E-state index contributed by atoms with van der Waals surface area (Å²) < 4.78 is 31.0. The molecule has 1 nitrogen and oxygen atoms in total. The Morgan fingerprint density at radius 1 is 1.43 bits per heavy atom. The van der Waals surface area contributed by atoms with E-state index < -0.39 is 35.3 Å². The molecule has 0 aromatic heterocycles. The predicted octanol–water partition coefficient (Wildman–Crippen LogP) is 0.244. The SMILES string of the molecule is O=[C]([Tl])C(F)(F)F. The Bertz CT molecular complexity index is 85.4.